The maximum atomic E-state index is 5.39. The Morgan fingerprint density at radius 2 is 2.50 bits per heavy atom. The summed E-state index contributed by atoms with van der Waals surface area (Å²) in [5.41, 5.74) is 0.947. The van der Waals surface area contributed by atoms with Gasteiger partial charge in [-0.3, -0.25) is 0 Å². The van der Waals surface area contributed by atoms with Crippen molar-refractivity contribution in [1.29, 1.82) is 0 Å². The van der Waals surface area contributed by atoms with E-state index in [0.717, 1.165) is 18.9 Å². The minimum Gasteiger partial charge on any atom is -0.476 e. The molecule has 76 valence electrons. The van der Waals surface area contributed by atoms with E-state index >= 15 is 0 Å². The van der Waals surface area contributed by atoms with E-state index in [9.17, 15) is 0 Å². The zero-order chi connectivity index (χ0) is 9.80. The quantitative estimate of drug-likeness (QED) is 0.784. The number of aromatic nitrogens is 1. The van der Waals surface area contributed by atoms with Crippen LogP contribution in [-0.4, -0.2) is 30.8 Å². The molecule has 1 aliphatic rings. The lowest BCUT2D eigenvalue weighted by molar-refractivity contribution is 0.0210. The van der Waals surface area contributed by atoms with Crippen molar-refractivity contribution in [2.75, 3.05) is 25.1 Å². The highest BCUT2D eigenvalue weighted by molar-refractivity contribution is 5.53. The van der Waals surface area contributed by atoms with Crippen LogP contribution < -0.4 is 10.1 Å². The minimum atomic E-state index is 0.401. The van der Waals surface area contributed by atoms with Crippen molar-refractivity contribution in [3.63, 3.8) is 0 Å². The van der Waals surface area contributed by atoms with Crippen LogP contribution in [0, 0.1) is 0 Å². The third-order valence-corrected chi connectivity index (χ3v) is 2.05. The molecular weight excluding hydrogens is 180 g/mol. The van der Waals surface area contributed by atoms with Crippen molar-refractivity contribution >= 4 is 5.69 Å². The molecule has 0 radical (unpaired) electrons. The zero-order valence-corrected chi connectivity index (χ0v) is 8.19. The Hall–Kier alpha value is -1.29. The normalized spacial score (nSPS) is 16.1. The molecule has 0 aromatic carbocycles. The van der Waals surface area contributed by atoms with Crippen LogP contribution in [0.25, 0.3) is 0 Å². The molecule has 4 heteroatoms. The van der Waals surface area contributed by atoms with Crippen molar-refractivity contribution in [3.8, 4) is 5.88 Å². The monoisotopic (exact) mass is 194 g/mol. The molecule has 2 rings (SSSR count). The Bertz CT molecular complexity index is 300. The van der Waals surface area contributed by atoms with Crippen molar-refractivity contribution in [3.05, 3.63) is 18.3 Å². The highest BCUT2D eigenvalue weighted by Crippen LogP contribution is 2.22. The molecule has 2 heterocycles. The summed E-state index contributed by atoms with van der Waals surface area (Å²) < 4.78 is 10.5. The lowest BCUT2D eigenvalue weighted by Gasteiger charge is -2.28. The lowest BCUT2D eigenvalue weighted by Crippen LogP contribution is -2.40. The highest BCUT2D eigenvalue weighted by Gasteiger charge is 2.19. The van der Waals surface area contributed by atoms with Gasteiger partial charge in [0.1, 0.15) is 0 Å². The summed E-state index contributed by atoms with van der Waals surface area (Å²) in [5.74, 6) is 0.668. The molecule has 1 aromatic heterocycles. The number of nitrogens with zero attached hydrogens (tertiary/aromatic N) is 1. The van der Waals surface area contributed by atoms with E-state index in [2.05, 4.69) is 10.3 Å². The van der Waals surface area contributed by atoms with E-state index in [1.54, 1.807) is 6.20 Å². The summed E-state index contributed by atoms with van der Waals surface area (Å²) in [6.45, 7) is 4.11. The van der Waals surface area contributed by atoms with Gasteiger partial charge >= 0.3 is 0 Å². The summed E-state index contributed by atoms with van der Waals surface area (Å²) in [6.07, 6.45) is 1.73. The molecule has 0 unspecified atom stereocenters. The molecule has 1 N–H and O–H groups in total. The second-order valence-electron chi connectivity index (χ2n) is 3.17. The number of hydrogen-bond acceptors (Lipinski definition) is 4. The number of ether oxygens (including phenoxy) is 2. The molecule has 0 spiro atoms. The fraction of sp³-hybridized carbons (Fsp3) is 0.500. The number of rotatable bonds is 4. The molecule has 1 fully saturated rings. The van der Waals surface area contributed by atoms with Crippen LogP contribution in [0.2, 0.25) is 0 Å². The fourth-order valence-electron chi connectivity index (χ4n) is 1.29. The van der Waals surface area contributed by atoms with Gasteiger partial charge < -0.3 is 14.8 Å². The van der Waals surface area contributed by atoms with Gasteiger partial charge in [0.25, 0.3) is 0 Å². The Morgan fingerprint density at radius 1 is 1.64 bits per heavy atom. The fourth-order valence-corrected chi connectivity index (χ4v) is 1.29. The first-order chi connectivity index (χ1) is 6.90. The van der Waals surface area contributed by atoms with Crippen LogP contribution in [-0.2, 0) is 4.74 Å². The van der Waals surface area contributed by atoms with Crippen LogP contribution in [0.1, 0.15) is 6.92 Å². The average Bonchev–Trinajstić information content (AvgIpc) is 2.14. The van der Waals surface area contributed by atoms with E-state index < -0.39 is 0 Å². The average molecular weight is 194 g/mol. The second kappa shape index (κ2) is 4.28. The Morgan fingerprint density at radius 3 is 3.14 bits per heavy atom. The first-order valence-corrected chi connectivity index (χ1v) is 4.82. The SMILES string of the molecule is CCOc1ncccc1NC1COC1. The summed E-state index contributed by atoms with van der Waals surface area (Å²) in [5, 5.41) is 3.32. The van der Waals surface area contributed by atoms with Gasteiger partial charge in [0.05, 0.1) is 31.5 Å². The minimum absolute atomic E-state index is 0.401. The molecule has 0 bridgehead atoms. The molecule has 1 aromatic rings. The first kappa shape index (κ1) is 9.27. The molecule has 14 heavy (non-hydrogen) atoms. The molecule has 0 atom stereocenters. The van der Waals surface area contributed by atoms with Gasteiger partial charge in [0.15, 0.2) is 0 Å². The topological polar surface area (TPSA) is 43.4 Å². The molecule has 0 saturated carbocycles. The number of hydrogen-bond donors (Lipinski definition) is 1. The van der Waals surface area contributed by atoms with Crippen molar-refractivity contribution in [2.45, 2.75) is 13.0 Å². The smallest absolute Gasteiger partial charge is 0.237 e. The third-order valence-electron chi connectivity index (χ3n) is 2.05. The summed E-state index contributed by atoms with van der Waals surface area (Å²) >= 11 is 0. The van der Waals surface area contributed by atoms with Crippen LogP contribution in [0.15, 0.2) is 18.3 Å². The van der Waals surface area contributed by atoms with Crippen molar-refractivity contribution < 1.29 is 9.47 Å². The highest BCUT2D eigenvalue weighted by atomic mass is 16.5. The van der Waals surface area contributed by atoms with Crippen LogP contribution >= 0.6 is 0 Å². The van der Waals surface area contributed by atoms with Crippen molar-refractivity contribution in [2.24, 2.45) is 0 Å². The van der Waals surface area contributed by atoms with Crippen LogP contribution in [0.5, 0.6) is 5.88 Å². The lowest BCUT2D eigenvalue weighted by atomic mass is 10.2. The van der Waals surface area contributed by atoms with Gasteiger partial charge in [-0.25, -0.2) is 4.98 Å². The van der Waals surface area contributed by atoms with Gasteiger partial charge in [0, 0.05) is 6.20 Å². The van der Waals surface area contributed by atoms with Gasteiger partial charge in [-0.05, 0) is 19.1 Å². The van der Waals surface area contributed by atoms with Crippen LogP contribution in [0.3, 0.4) is 0 Å². The maximum Gasteiger partial charge on any atom is 0.237 e. The van der Waals surface area contributed by atoms with Gasteiger partial charge in [-0.1, -0.05) is 0 Å². The van der Waals surface area contributed by atoms with Crippen LogP contribution in [0.4, 0.5) is 5.69 Å². The Kier molecular flexibility index (Phi) is 2.84. The van der Waals surface area contributed by atoms with Crippen molar-refractivity contribution in [1.82, 2.24) is 4.98 Å². The maximum absolute atomic E-state index is 5.39. The number of pyridine rings is 1. The molecule has 1 aliphatic heterocycles. The number of nitrogens with one attached hydrogen (secondary N) is 1. The molecule has 4 nitrogen and oxygen atoms in total. The van der Waals surface area contributed by atoms with E-state index in [4.69, 9.17) is 9.47 Å². The van der Waals surface area contributed by atoms with Gasteiger partial charge in [0.2, 0.25) is 5.88 Å². The number of anilines is 1. The summed E-state index contributed by atoms with van der Waals surface area (Å²) in [4.78, 5) is 4.15. The standard InChI is InChI=1S/C10H14N2O2/c1-2-14-10-9(4-3-5-11-10)12-8-6-13-7-8/h3-5,8,12H,2,6-7H2,1H3. The van der Waals surface area contributed by atoms with E-state index in [1.165, 1.54) is 0 Å². The van der Waals surface area contributed by atoms with E-state index in [0.29, 0.717) is 18.5 Å². The first-order valence-electron chi connectivity index (χ1n) is 4.82. The zero-order valence-electron chi connectivity index (χ0n) is 8.19. The summed E-state index contributed by atoms with van der Waals surface area (Å²) in [6, 6.07) is 4.26. The molecule has 0 amide bonds. The largest absolute Gasteiger partial charge is 0.476 e. The van der Waals surface area contributed by atoms with E-state index in [-0.39, 0.29) is 0 Å². The molecule has 1 saturated heterocycles. The third kappa shape index (κ3) is 1.96. The Balaban J connectivity index is 2.05. The molecular formula is C10H14N2O2. The Labute approximate surface area is 83.2 Å². The predicted octanol–water partition coefficient (Wildman–Crippen LogP) is 1.29. The van der Waals surface area contributed by atoms with Gasteiger partial charge in [-0.15, -0.1) is 0 Å². The predicted molar refractivity (Wildman–Crippen MR) is 53.6 cm³/mol. The second-order valence-corrected chi connectivity index (χ2v) is 3.17. The summed E-state index contributed by atoms with van der Waals surface area (Å²) in [7, 11) is 0. The van der Waals surface area contributed by atoms with E-state index in [1.807, 2.05) is 19.1 Å². The molecule has 0 aliphatic carbocycles. The van der Waals surface area contributed by atoms with Gasteiger partial charge in [-0.2, -0.15) is 0 Å².